The zero-order valence-corrected chi connectivity index (χ0v) is 17.1. The number of benzene rings is 2. The number of rotatable bonds is 6. The fraction of sp³-hybridized carbons (Fsp3) is 0.238. The summed E-state index contributed by atoms with van der Waals surface area (Å²) < 4.78 is 13.3. The quantitative estimate of drug-likeness (QED) is 0.550. The number of fused-ring (bicyclic) bond motifs is 1. The Labute approximate surface area is 173 Å². The summed E-state index contributed by atoms with van der Waals surface area (Å²) in [5.74, 6) is -0.514. The number of carbonyl (C=O) groups excluding carboxylic acids is 1. The predicted molar refractivity (Wildman–Crippen MR) is 113 cm³/mol. The second-order valence-electron chi connectivity index (χ2n) is 6.28. The Hall–Kier alpha value is -2.37. The van der Waals surface area contributed by atoms with Crippen molar-refractivity contribution in [2.24, 2.45) is 0 Å². The largest absolute Gasteiger partial charge is 0.380 e. The van der Waals surface area contributed by atoms with Crippen molar-refractivity contribution in [3.63, 3.8) is 0 Å². The van der Waals surface area contributed by atoms with Crippen molar-refractivity contribution in [3.8, 4) is 0 Å². The van der Waals surface area contributed by atoms with Crippen LogP contribution < -0.4 is 5.32 Å². The van der Waals surface area contributed by atoms with E-state index < -0.39 is 5.82 Å². The smallest absolute Gasteiger partial charge is 0.257 e. The molecule has 0 saturated carbocycles. The maximum absolute atomic E-state index is 13.3. The molecule has 0 aliphatic heterocycles. The van der Waals surface area contributed by atoms with Gasteiger partial charge in [0.1, 0.15) is 5.82 Å². The molecule has 3 aromatic rings. The van der Waals surface area contributed by atoms with Crippen LogP contribution in [0.3, 0.4) is 0 Å². The summed E-state index contributed by atoms with van der Waals surface area (Å²) in [5, 5.41) is 4.90. The van der Waals surface area contributed by atoms with E-state index in [1.165, 1.54) is 12.1 Å². The lowest BCUT2D eigenvalue weighted by atomic mass is 10.1. The van der Waals surface area contributed by atoms with Crippen molar-refractivity contribution in [1.82, 2.24) is 9.88 Å². The highest BCUT2D eigenvalue weighted by molar-refractivity contribution is 6.32. The van der Waals surface area contributed by atoms with Crippen molar-refractivity contribution in [1.29, 1.82) is 0 Å². The molecule has 7 heteroatoms. The van der Waals surface area contributed by atoms with Gasteiger partial charge in [0.25, 0.3) is 5.91 Å². The first kappa shape index (κ1) is 20.4. The van der Waals surface area contributed by atoms with E-state index in [2.05, 4.69) is 10.3 Å². The Balaban J connectivity index is 2.07. The molecule has 0 spiro atoms. The lowest BCUT2D eigenvalue weighted by Crippen LogP contribution is -2.31. The van der Waals surface area contributed by atoms with Crippen LogP contribution in [0.4, 0.5) is 10.1 Å². The highest BCUT2D eigenvalue weighted by atomic mass is 35.5. The number of aromatic nitrogens is 1. The van der Waals surface area contributed by atoms with Gasteiger partial charge < -0.3 is 10.2 Å². The second kappa shape index (κ2) is 8.76. The monoisotopic (exact) mass is 419 g/mol. The summed E-state index contributed by atoms with van der Waals surface area (Å²) in [7, 11) is 0. The van der Waals surface area contributed by atoms with Crippen LogP contribution in [-0.2, 0) is 6.54 Å². The Morgan fingerprint density at radius 2 is 1.89 bits per heavy atom. The molecule has 0 aliphatic carbocycles. The minimum absolute atomic E-state index is 0.118. The molecule has 146 valence electrons. The van der Waals surface area contributed by atoms with Crippen LogP contribution in [0, 0.1) is 5.82 Å². The predicted octanol–water partition coefficient (Wildman–Crippen LogP) is 5.77. The summed E-state index contributed by atoms with van der Waals surface area (Å²) in [5.41, 5.74) is 2.52. The summed E-state index contributed by atoms with van der Waals surface area (Å²) in [6.07, 6.45) is 1.57. The summed E-state index contributed by atoms with van der Waals surface area (Å²) in [6.45, 7) is 5.36. The zero-order valence-electron chi connectivity index (χ0n) is 15.6. The number of pyridine rings is 1. The normalized spacial score (nSPS) is 10.9. The standard InChI is InChI=1S/C21H20Cl2FN3O/c1-3-27(4-2)21(28)17-12-25-19-8-6-14(22)9-16(19)20(17)26-11-13-5-7-15(24)10-18(13)23/h5-10,12H,3-4,11H2,1-2H3,(H,25,26). The van der Waals surface area contributed by atoms with Crippen LogP contribution in [0.25, 0.3) is 10.9 Å². The number of carbonyl (C=O) groups is 1. The minimum Gasteiger partial charge on any atom is -0.380 e. The van der Waals surface area contributed by atoms with Crippen molar-refractivity contribution < 1.29 is 9.18 Å². The summed E-state index contributed by atoms with van der Waals surface area (Å²) in [6, 6.07) is 9.57. The number of halogens is 3. The Morgan fingerprint density at radius 1 is 1.14 bits per heavy atom. The molecule has 1 heterocycles. The molecular weight excluding hydrogens is 400 g/mol. The van der Waals surface area contributed by atoms with Crippen LogP contribution >= 0.6 is 23.2 Å². The van der Waals surface area contributed by atoms with E-state index in [9.17, 15) is 9.18 Å². The van der Waals surface area contributed by atoms with Gasteiger partial charge in [-0.25, -0.2) is 4.39 Å². The molecule has 3 rings (SSSR count). The highest BCUT2D eigenvalue weighted by Gasteiger charge is 2.20. The Kier molecular flexibility index (Phi) is 6.37. The third-order valence-electron chi connectivity index (χ3n) is 4.58. The van der Waals surface area contributed by atoms with Crippen LogP contribution in [0.1, 0.15) is 29.8 Å². The van der Waals surface area contributed by atoms with Crippen LogP contribution in [0.2, 0.25) is 10.0 Å². The average Bonchev–Trinajstić information content (AvgIpc) is 2.68. The maximum atomic E-state index is 13.3. The summed E-state index contributed by atoms with van der Waals surface area (Å²) >= 11 is 12.3. The van der Waals surface area contributed by atoms with Gasteiger partial charge in [-0.05, 0) is 49.7 Å². The van der Waals surface area contributed by atoms with Gasteiger partial charge >= 0.3 is 0 Å². The van der Waals surface area contributed by atoms with Gasteiger partial charge in [-0.2, -0.15) is 0 Å². The SMILES string of the molecule is CCN(CC)C(=O)c1cnc2ccc(Cl)cc2c1NCc1ccc(F)cc1Cl. The fourth-order valence-corrected chi connectivity index (χ4v) is 3.45. The Morgan fingerprint density at radius 3 is 2.57 bits per heavy atom. The van der Waals surface area contributed by atoms with Gasteiger partial charge in [-0.1, -0.05) is 29.3 Å². The fourth-order valence-electron chi connectivity index (χ4n) is 3.05. The first-order chi connectivity index (χ1) is 13.4. The third-order valence-corrected chi connectivity index (χ3v) is 5.17. The first-order valence-corrected chi connectivity index (χ1v) is 9.75. The second-order valence-corrected chi connectivity index (χ2v) is 7.12. The molecule has 0 unspecified atom stereocenters. The van der Waals surface area contributed by atoms with Gasteiger partial charge in [0, 0.05) is 41.3 Å². The zero-order chi connectivity index (χ0) is 20.3. The van der Waals surface area contributed by atoms with E-state index in [1.54, 1.807) is 35.4 Å². The highest BCUT2D eigenvalue weighted by Crippen LogP contribution is 2.30. The lowest BCUT2D eigenvalue weighted by molar-refractivity contribution is 0.0773. The number of hydrogen-bond donors (Lipinski definition) is 1. The number of nitrogens with one attached hydrogen (secondary N) is 1. The van der Waals surface area contributed by atoms with E-state index in [0.717, 1.165) is 10.9 Å². The van der Waals surface area contributed by atoms with E-state index >= 15 is 0 Å². The molecule has 0 atom stereocenters. The van der Waals surface area contributed by atoms with Crippen LogP contribution in [0.15, 0.2) is 42.6 Å². The van der Waals surface area contributed by atoms with Crippen LogP contribution in [0.5, 0.6) is 0 Å². The molecule has 1 aromatic heterocycles. The average molecular weight is 420 g/mol. The number of anilines is 1. The molecule has 28 heavy (non-hydrogen) atoms. The molecule has 2 aromatic carbocycles. The molecule has 1 amide bonds. The van der Waals surface area contributed by atoms with Crippen molar-refractivity contribution in [2.45, 2.75) is 20.4 Å². The first-order valence-electron chi connectivity index (χ1n) is 9.00. The van der Waals surface area contributed by atoms with E-state index in [1.807, 2.05) is 13.8 Å². The van der Waals surface area contributed by atoms with Crippen molar-refractivity contribution >= 4 is 45.7 Å². The topological polar surface area (TPSA) is 45.2 Å². The third kappa shape index (κ3) is 4.21. The lowest BCUT2D eigenvalue weighted by Gasteiger charge is -2.22. The number of hydrogen-bond acceptors (Lipinski definition) is 3. The number of amides is 1. The number of nitrogens with zero attached hydrogens (tertiary/aromatic N) is 2. The minimum atomic E-state index is -0.396. The molecule has 1 N–H and O–H groups in total. The van der Waals surface area contributed by atoms with Crippen molar-refractivity contribution in [2.75, 3.05) is 18.4 Å². The van der Waals surface area contributed by atoms with Gasteiger partial charge in [0.2, 0.25) is 0 Å². The molecule has 0 aliphatic rings. The van der Waals surface area contributed by atoms with Crippen LogP contribution in [-0.4, -0.2) is 28.9 Å². The molecular formula is C21H20Cl2FN3O. The van der Waals surface area contributed by atoms with E-state index in [-0.39, 0.29) is 5.91 Å². The van der Waals surface area contributed by atoms with E-state index in [4.69, 9.17) is 23.2 Å². The van der Waals surface area contributed by atoms with Crippen molar-refractivity contribution in [3.05, 3.63) is 69.6 Å². The van der Waals surface area contributed by atoms with Gasteiger partial charge in [-0.3, -0.25) is 9.78 Å². The summed E-state index contributed by atoms with van der Waals surface area (Å²) in [4.78, 5) is 19.2. The van der Waals surface area contributed by atoms with Gasteiger partial charge in [0.15, 0.2) is 0 Å². The molecule has 0 saturated heterocycles. The maximum Gasteiger partial charge on any atom is 0.257 e. The van der Waals surface area contributed by atoms with Gasteiger partial charge in [-0.15, -0.1) is 0 Å². The Bertz CT molecular complexity index is 1020. The van der Waals surface area contributed by atoms with Gasteiger partial charge in [0.05, 0.1) is 16.8 Å². The molecule has 0 fully saturated rings. The van der Waals surface area contributed by atoms with E-state index in [0.29, 0.717) is 46.4 Å². The molecule has 0 radical (unpaired) electrons. The molecule has 4 nitrogen and oxygen atoms in total. The molecule has 0 bridgehead atoms.